The number of nitrogens with zero attached hydrogens (tertiary/aromatic N) is 1. The normalized spacial score (nSPS) is 10.3. The minimum atomic E-state index is -0.703. The Morgan fingerprint density at radius 1 is 1.50 bits per heavy atom. The van der Waals surface area contributed by atoms with Gasteiger partial charge in [-0.15, -0.1) is 11.3 Å². The van der Waals surface area contributed by atoms with Crippen LogP contribution >= 0.6 is 11.3 Å². The number of thiazole rings is 1. The molecule has 0 aliphatic heterocycles. The van der Waals surface area contributed by atoms with Gasteiger partial charge in [-0.3, -0.25) is 4.79 Å². The van der Waals surface area contributed by atoms with E-state index in [1.807, 2.05) is 6.92 Å². The molecule has 0 fully saturated rings. The van der Waals surface area contributed by atoms with Crippen LogP contribution in [0.15, 0.2) is 18.3 Å². The zero-order valence-corrected chi connectivity index (χ0v) is 10.3. The van der Waals surface area contributed by atoms with Crippen molar-refractivity contribution >= 4 is 33.8 Å². The average molecular weight is 266 g/mol. The summed E-state index contributed by atoms with van der Waals surface area (Å²) in [4.78, 5) is 16.2. The van der Waals surface area contributed by atoms with Crippen molar-refractivity contribution in [1.29, 1.82) is 0 Å². The van der Waals surface area contributed by atoms with E-state index in [2.05, 4.69) is 10.3 Å². The van der Waals surface area contributed by atoms with Gasteiger partial charge in [0.05, 0.1) is 11.3 Å². The number of amides is 1. The first-order chi connectivity index (χ1) is 8.47. The van der Waals surface area contributed by atoms with Gasteiger partial charge in [-0.2, -0.15) is 0 Å². The van der Waals surface area contributed by atoms with Gasteiger partial charge < -0.3 is 16.8 Å². The van der Waals surface area contributed by atoms with Gasteiger partial charge in [0.15, 0.2) is 5.13 Å². The van der Waals surface area contributed by atoms with E-state index in [0.29, 0.717) is 5.13 Å². The quantitative estimate of drug-likeness (QED) is 0.741. The largest absolute Gasteiger partial charge is 0.398 e. The molecule has 0 aliphatic carbocycles. The maximum atomic E-state index is 13.7. The second-order valence-electron chi connectivity index (χ2n) is 3.68. The summed E-state index contributed by atoms with van der Waals surface area (Å²) < 4.78 is 13.7. The molecule has 0 aliphatic rings. The monoisotopic (exact) mass is 266 g/mol. The summed E-state index contributed by atoms with van der Waals surface area (Å²) in [7, 11) is 0. The van der Waals surface area contributed by atoms with Crippen LogP contribution in [-0.2, 0) is 0 Å². The summed E-state index contributed by atoms with van der Waals surface area (Å²) in [5, 5.41) is 3.32. The van der Waals surface area contributed by atoms with Gasteiger partial charge in [-0.05, 0) is 19.1 Å². The van der Waals surface area contributed by atoms with Crippen LogP contribution in [0, 0.1) is 12.7 Å². The van der Waals surface area contributed by atoms with Crippen molar-refractivity contribution in [1.82, 2.24) is 4.98 Å². The molecule has 18 heavy (non-hydrogen) atoms. The molecule has 0 atom stereocenters. The number of hydrogen-bond donors (Lipinski definition) is 3. The fraction of sp³-hybridized carbons (Fsp3) is 0.0909. The van der Waals surface area contributed by atoms with Gasteiger partial charge in [0, 0.05) is 16.8 Å². The summed E-state index contributed by atoms with van der Waals surface area (Å²) in [6.07, 6.45) is 1.66. The average Bonchev–Trinajstić information content (AvgIpc) is 2.67. The van der Waals surface area contributed by atoms with Gasteiger partial charge in [0.25, 0.3) is 5.91 Å². The lowest BCUT2D eigenvalue weighted by atomic mass is 10.1. The minimum Gasteiger partial charge on any atom is -0.398 e. The van der Waals surface area contributed by atoms with E-state index in [0.717, 1.165) is 10.9 Å². The third-order valence-electron chi connectivity index (χ3n) is 2.27. The lowest BCUT2D eigenvalue weighted by Crippen LogP contribution is -2.14. The number of halogens is 1. The number of primary amides is 1. The Balaban J connectivity index is 2.38. The van der Waals surface area contributed by atoms with Crippen molar-refractivity contribution in [3.05, 3.63) is 34.6 Å². The molecule has 1 aromatic heterocycles. The van der Waals surface area contributed by atoms with Crippen molar-refractivity contribution in [2.75, 3.05) is 11.1 Å². The summed E-state index contributed by atoms with van der Waals surface area (Å²) >= 11 is 1.37. The zero-order valence-electron chi connectivity index (χ0n) is 9.53. The van der Waals surface area contributed by atoms with Crippen LogP contribution in [0.1, 0.15) is 15.2 Å². The number of nitrogens with one attached hydrogen (secondary N) is 1. The fourth-order valence-electron chi connectivity index (χ4n) is 1.43. The Morgan fingerprint density at radius 3 is 2.78 bits per heavy atom. The van der Waals surface area contributed by atoms with Crippen molar-refractivity contribution in [3.8, 4) is 0 Å². The molecule has 1 heterocycles. The Kier molecular flexibility index (Phi) is 3.15. The molecule has 7 heteroatoms. The smallest absolute Gasteiger partial charge is 0.250 e. The number of carbonyl (C=O) groups excluding carboxylic acids is 1. The highest BCUT2D eigenvalue weighted by Gasteiger charge is 2.12. The number of rotatable bonds is 3. The predicted octanol–water partition coefficient (Wildman–Crippen LogP) is 2.02. The van der Waals surface area contributed by atoms with Gasteiger partial charge in [-0.1, -0.05) is 0 Å². The van der Waals surface area contributed by atoms with Crippen LogP contribution in [0.4, 0.5) is 20.9 Å². The molecule has 0 bridgehead atoms. The molecule has 94 valence electrons. The molecule has 5 nitrogen and oxygen atoms in total. The molecule has 0 saturated carbocycles. The van der Waals surface area contributed by atoms with E-state index in [9.17, 15) is 9.18 Å². The van der Waals surface area contributed by atoms with Crippen molar-refractivity contribution in [3.63, 3.8) is 0 Å². The van der Waals surface area contributed by atoms with Gasteiger partial charge in [0.2, 0.25) is 0 Å². The lowest BCUT2D eigenvalue weighted by molar-refractivity contribution is 0.100. The first-order valence-corrected chi connectivity index (χ1v) is 5.87. The maximum Gasteiger partial charge on any atom is 0.250 e. The van der Waals surface area contributed by atoms with E-state index in [4.69, 9.17) is 11.5 Å². The number of nitrogens with two attached hydrogens (primary N) is 2. The Labute approximate surface area is 107 Å². The van der Waals surface area contributed by atoms with E-state index in [-0.39, 0.29) is 16.9 Å². The standard InChI is InChI=1S/C11H11FN4OS/c1-5-4-15-11(18-5)16-9-2-6(10(14)17)8(13)3-7(9)12/h2-4H,13H2,1H3,(H2,14,17)(H,15,16). The van der Waals surface area contributed by atoms with E-state index in [1.54, 1.807) is 6.20 Å². The summed E-state index contributed by atoms with van der Waals surface area (Å²) in [6.45, 7) is 1.89. The number of aromatic nitrogens is 1. The molecule has 0 saturated heterocycles. The summed E-state index contributed by atoms with van der Waals surface area (Å²) in [6, 6.07) is 2.34. The molecule has 2 rings (SSSR count). The van der Waals surface area contributed by atoms with Crippen LogP contribution in [0.25, 0.3) is 0 Å². The molecular formula is C11H11FN4OS. The maximum absolute atomic E-state index is 13.7. The lowest BCUT2D eigenvalue weighted by Gasteiger charge is -2.08. The number of benzene rings is 1. The number of hydrogen-bond acceptors (Lipinski definition) is 5. The number of anilines is 3. The number of carbonyl (C=O) groups is 1. The summed E-state index contributed by atoms with van der Waals surface area (Å²) in [5.41, 5.74) is 10.9. The SMILES string of the molecule is Cc1cnc(Nc2cc(C(N)=O)c(N)cc2F)s1. The van der Waals surface area contributed by atoms with Crippen molar-refractivity contribution in [2.45, 2.75) is 6.92 Å². The first kappa shape index (κ1) is 12.3. The topological polar surface area (TPSA) is 94.0 Å². The molecule has 1 amide bonds. The van der Waals surface area contributed by atoms with Crippen LogP contribution < -0.4 is 16.8 Å². The highest BCUT2D eigenvalue weighted by atomic mass is 32.1. The Bertz CT molecular complexity index is 611. The summed E-state index contributed by atoms with van der Waals surface area (Å²) in [5.74, 6) is -1.27. The third kappa shape index (κ3) is 2.40. The molecule has 0 unspecified atom stereocenters. The van der Waals surface area contributed by atoms with Crippen LogP contribution in [-0.4, -0.2) is 10.9 Å². The first-order valence-electron chi connectivity index (χ1n) is 5.05. The van der Waals surface area contributed by atoms with Crippen LogP contribution in [0.3, 0.4) is 0 Å². The van der Waals surface area contributed by atoms with Crippen molar-refractivity contribution < 1.29 is 9.18 Å². The zero-order chi connectivity index (χ0) is 13.3. The highest BCUT2D eigenvalue weighted by molar-refractivity contribution is 7.15. The molecule has 1 aromatic carbocycles. The molecule has 0 radical (unpaired) electrons. The van der Waals surface area contributed by atoms with Gasteiger partial charge >= 0.3 is 0 Å². The third-order valence-corrected chi connectivity index (χ3v) is 3.10. The van der Waals surface area contributed by atoms with Crippen LogP contribution in [0.5, 0.6) is 0 Å². The number of nitrogen functional groups attached to an aromatic ring is 1. The molecular weight excluding hydrogens is 255 g/mol. The molecule has 5 N–H and O–H groups in total. The Morgan fingerprint density at radius 2 is 2.22 bits per heavy atom. The van der Waals surface area contributed by atoms with Gasteiger partial charge in [0.1, 0.15) is 5.82 Å². The predicted molar refractivity (Wildman–Crippen MR) is 69.5 cm³/mol. The van der Waals surface area contributed by atoms with E-state index < -0.39 is 11.7 Å². The second-order valence-corrected chi connectivity index (χ2v) is 4.92. The van der Waals surface area contributed by atoms with E-state index >= 15 is 0 Å². The van der Waals surface area contributed by atoms with Gasteiger partial charge in [-0.25, -0.2) is 9.37 Å². The minimum absolute atomic E-state index is 0.0147. The second kappa shape index (κ2) is 4.61. The molecule has 0 spiro atoms. The highest BCUT2D eigenvalue weighted by Crippen LogP contribution is 2.27. The number of aryl methyl sites for hydroxylation is 1. The van der Waals surface area contributed by atoms with Crippen molar-refractivity contribution in [2.24, 2.45) is 5.73 Å². The van der Waals surface area contributed by atoms with Crippen LogP contribution in [0.2, 0.25) is 0 Å². The molecule has 2 aromatic rings. The Hall–Kier alpha value is -2.15. The van der Waals surface area contributed by atoms with E-state index in [1.165, 1.54) is 17.4 Å². The fourth-order valence-corrected chi connectivity index (χ4v) is 2.10.